The molecule has 5 rings (SSSR count). The van der Waals surface area contributed by atoms with E-state index in [-0.39, 0.29) is 11.9 Å². The third-order valence-electron chi connectivity index (χ3n) is 7.44. The van der Waals surface area contributed by atoms with E-state index >= 15 is 0 Å². The van der Waals surface area contributed by atoms with Gasteiger partial charge in [0.05, 0.1) is 5.69 Å². The molecule has 1 unspecified atom stereocenters. The monoisotopic (exact) mass is 570 g/mol. The number of likely N-dealkylation sites (tertiary alicyclic amines) is 1. The summed E-state index contributed by atoms with van der Waals surface area (Å²) >= 11 is 0. The van der Waals surface area contributed by atoms with Crippen molar-refractivity contribution in [3.05, 3.63) is 114 Å². The first-order chi connectivity index (χ1) is 20.3. The number of nitrogens with one attached hydrogen (secondary N) is 1. The molecule has 1 aromatic heterocycles. The van der Waals surface area contributed by atoms with E-state index in [0.29, 0.717) is 30.3 Å². The van der Waals surface area contributed by atoms with E-state index in [1.807, 2.05) is 42.5 Å². The number of imide groups is 1. The number of pyridine rings is 1. The minimum absolute atomic E-state index is 0.259. The summed E-state index contributed by atoms with van der Waals surface area (Å²) in [6.07, 6.45) is 5.81. The molecule has 0 bridgehead atoms. The summed E-state index contributed by atoms with van der Waals surface area (Å²) in [5.74, 6) is -2.15. The molecule has 0 saturated carbocycles. The second-order valence-electron chi connectivity index (χ2n) is 10.1. The van der Waals surface area contributed by atoms with Crippen LogP contribution in [-0.2, 0) is 19.9 Å². The van der Waals surface area contributed by atoms with Gasteiger partial charge in [0, 0.05) is 24.9 Å². The number of carbonyl (C=O) groups is 4. The van der Waals surface area contributed by atoms with Gasteiger partial charge in [0.2, 0.25) is 0 Å². The average Bonchev–Trinajstić information content (AvgIpc) is 3.28. The molecule has 10 nitrogen and oxygen atoms in total. The van der Waals surface area contributed by atoms with Gasteiger partial charge in [-0.1, -0.05) is 66.7 Å². The lowest BCUT2D eigenvalue weighted by Gasteiger charge is -2.32. The van der Waals surface area contributed by atoms with Gasteiger partial charge >= 0.3 is 18.0 Å². The van der Waals surface area contributed by atoms with Crippen molar-refractivity contribution in [2.24, 2.45) is 0 Å². The number of hydrogen-bond acceptors (Lipinski definition) is 6. The van der Waals surface area contributed by atoms with Crippen molar-refractivity contribution in [1.29, 1.82) is 0 Å². The molecule has 2 aliphatic rings. The van der Waals surface area contributed by atoms with Crippen LogP contribution in [0, 0.1) is 0 Å². The first-order valence-electron chi connectivity index (χ1n) is 13.8. The van der Waals surface area contributed by atoms with E-state index in [4.69, 9.17) is 10.2 Å². The van der Waals surface area contributed by atoms with Crippen LogP contribution in [0.2, 0.25) is 0 Å². The van der Waals surface area contributed by atoms with Crippen LogP contribution in [0.25, 0.3) is 0 Å². The van der Waals surface area contributed by atoms with E-state index in [1.165, 1.54) is 10.5 Å². The molecule has 2 fully saturated rings. The fourth-order valence-electron chi connectivity index (χ4n) is 5.38. The highest BCUT2D eigenvalue weighted by molar-refractivity contribution is 6.09. The zero-order valence-corrected chi connectivity index (χ0v) is 23.1. The molecule has 2 saturated heterocycles. The van der Waals surface area contributed by atoms with E-state index in [2.05, 4.69) is 45.5 Å². The van der Waals surface area contributed by atoms with Gasteiger partial charge in [-0.3, -0.25) is 14.7 Å². The van der Waals surface area contributed by atoms with Crippen LogP contribution >= 0.6 is 0 Å². The zero-order chi connectivity index (χ0) is 30.0. The van der Waals surface area contributed by atoms with Gasteiger partial charge in [0.25, 0.3) is 5.91 Å². The van der Waals surface area contributed by atoms with Crippen molar-refractivity contribution in [2.75, 3.05) is 26.2 Å². The van der Waals surface area contributed by atoms with Crippen molar-refractivity contribution in [1.82, 2.24) is 20.1 Å². The molecule has 42 heavy (non-hydrogen) atoms. The Bertz CT molecular complexity index is 1330. The minimum Gasteiger partial charge on any atom is -0.478 e. The highest BCUT2D eigenvalue weighted by atomic mass is 16.4. The number of benzene rings is 2. The number of carboxylic acids is 2. The third kappa shape index (κ3) is 7.27. The van der Waals surface area contributed by atoms with E-state index < -0.39 is 17.5 Å². The summed E-state index contributed by atoms with van der Waals surface area (Å²) in [6, 6.07) is 25.2. The summed E-state index contributed by atoms with van der Waals surface area (Å²) in [4.78, 5) is 54.0. The molecule has 1 atom stereocenters. The summed E-state index contributed by atoms with van der Waals surface area (Å²) in [7, 11) is 0. The number of urea groups is 1. The summed E-state index contributed by atoms with van der Waals surface area (Å²) in [6.45, 7) is 3.36. The Kier molecular flexibility index (Phi) is 10.2. The molecule has 2 aromatic carbocycles. The number of carbonyl (C=O) groups excluding carboxylic acids is 2. The van der Waals surface area contributed by atoms with Crippen molar-refractivity contribution < 1.29 is 29.4 Å². The number of hydrogen-bond donors (Lipinski definition) is 3. The number of amides is 3. The molecule has 3 amide bonds. The standard InChI is InChI=1S/C28H30N4O2.C4H4O4/c33-26-28(24-12-5-2-6-13-24,25-14-7-8-17-29-25)30-27(34)32(26)19-9-18-31-20-15-23(16-21-31)22-10-3-1-4-11-22;5-3(6)1-2-4(7)8/h1-8,10-14,17,23H,9,15-16,18-21H2,(H,30,34);1-2H,(H,5,6)(H,7,8). The van der Waals surface area contributed by atoms with E-state index in [9.17, 15) is 19.2 Å². The summed E-state index contributed by atoms with van der Waals surface area (Å²) in [5.41, 5.74) is 1.39. The average molecular weight is 571 g/mol. The predicted octanol–water partition coefficient (Wildman–Crippen LogP) is 3.86. The first-order valence-corrected chi connectivity index (χ1v) is 13.8. The van der Waals surface area contributed by atoms with Crippen LogP contribution in [0.3, 0.4) is 0 Å². The fourth-order valence-corrected chi connectivity index (χ4v) is 5.38. The zero-order valence-electron chi connectivity index (χ0n) is 23.1. The van der Waals surface area contributed by atoms with Crippen LogP contribution in [-0.4, -0.2) is 75.1 Å². The number of rotatable bonds is 9. The number of nitrogens with zero attached hydrogens (tertiary/aromatic N) is 3. The molecule has 10 heteroatoms. The smallest absolute Gasteiger partial charge is 0.328 e. The molecule has 3 aromatic rings. The van der Waals surface area contributed by atoms with Gasteiger partial charge in [-0.15, -0.1) is 0 Å². The Morgan fingerprint density at radius 3 is 2.02 bits per heavy atom. The number of piperidine rings is 1. The highest BCUT2D eigenvalue weighted by Crippen LogP contribution is 2.35. The highest BCUT2D eigenvalue weighted by Gasteiger charge is 2.54. The minimum atomic E-state index is -1.28. The van der Waals surface area contributed by atoms with Gasteiger partial charge in [0.15, 0.2) is 5.54 Å². The molecule has 0 spiro atoms. The third-order valence-corrected chi connectivity index (χ3v) is 7.44. The Hall–Kier alpha value is -4.83. The second kappa shape index (κ2) is 14.2. The van der Waals surface area contributed by atoms with Crippen molar-refractivity contribution >= 4 is 23.9 Å². The largest absolute Gasteiger partial charge is 0.478 e. The van der Waals surface area contributed by atoms with E-state index in [0.717, 1.165) is 44.5 Å². The number of aliphatic carboxylic acids is 2. The SMILES string of the molecule is O=C(O)C=CC(=O)O.O=C1NC(c2ccccc2)(c2ccccn2)C(=O)N1CCCN1CCC(c2ccccc2)CC1. The molecular weight excluding hydrogens is 536 g/mol. The maximum Gasteiger partial charge on any atom is 0.328 e. The Morgan fingerprint density at radius 2 is 1.45 bits per heavy atom. The molecule has 3 heterocycles. The van der Waals surface area contributed by atoms with Crippen LogP contribution in [0.15, 0.2) is 97.2 Å². The maximum atomic E-state index is 13.7. The molecule has 2 aliphatic heterocycles. The van der Waals surface area contributed by atoms with Crippen molar-refractivity contribution in [3.8, 4) is 0 Å². The summed E-state index contributed by atoms with van der Waals surface area (Å²) in [5, 5.41) is 18.6. The van der Waals surface area contributed by atoms with Gasteiger partial charge in [-0.2, -0.15) is 0 Å². The topological polar surface area (TPSA) is 140 Å². The van der Waals surface area contributed by atoms with Crippen LogP contribution < -0.4 is 5.32 Å². The normalized spacial score (nSPS) is 19.3. The maximum absolute atomic E-state index is 13.7. The second-order valence-corrected chi connectivity index (χ2v) is 10.1. The molecule has 0 aliphatic carbocycles. The Labute approximate surface area is 244 Å². The molecular formula is C32H34N4O6. The fraction of sp³-hybridized carbons (Fsp3) is 0.281. The lowest BCUT2D eigenvalue weighted by atomic mass is 9.86. The van der Waals surface area contributed by atoms with Crippen molar-refractivity contribution in [3.63, 3.8) is 0 Å². The van der Waals surface area contributed by atoms with E-state index in [1.54, 1.807) is 12.3 Å². The summed E-state index contributed by atoms with van der Waals surface area (Å²) < 4.78 is 0. The van der Waals surface area contributed by atoms with Gasteiger partial charge in [0.1, 0.15) is 0 Å². The Morgan fingerprint density at radius 1 is 0.857 bits per heavy atom. The first kappa shape index (κ1) is 30.1. The number of carboxylic acid groups (broad SMARTS) is 2. The quantitative estimate of drug-likeness (QED) is 0.260. The predicted molar refractivity (Wildman–Crippen MR) is 156 cm³/mol. The Balaban J connectivity index is 0.000000446. The molecule has 218 valence electrons. The molecule has 0 radical (unpaired) electrons. The lowest BCUT2D eigenvalue weighted by Crippen LogP contribution is -2.46. The van der Waals surface area contributed by atoms with Crippen LogP contribution in [0.4, 0.5) is 4.79 Å². The van der Waals surface area contributed by atoms with Gasteiger partial charge < -0.3 is 20.4 Å². The lowest BCUT2D eigenvalue weighted by molar-refractivity contribution is -0.134. The van der Waals surface area contributed by atoms with Crippen LogP contribution in [0.1, 0.15) is 42.0 Å². The van der Waals surface area contributed by atoms with Crippen molar-refractivity contribution in [2.45, 2.75) is 30.7 Å². The van der Waals surface area contributed by atoms with Gasteiger partial charge in [-0.05, 0) is 68.1 Å². The molecule has 3 N–H and O–H groups in total. The van der Waals surface area contributed by atoms with Gasteiger partial charge in [-0.25, -0.2) is 14.4 Å². The number of aromatic nitrogens is 1. The van der Waals surface area contributed by atoms with Crippen LogP contribution in [0.5, 0.6) is 0 Å².